The van der Waals surface area contributed by atoms with Gasteiger partial charge in [0.2, 0.25) is 0 Å². The van der Waals surface area contributed by atoms with Crippen LogP contribution in [0.15, 0.2) is 6.33 Å². The van der Waals surface area contributed by atoms with Crippen molar-refractivity contribution in [2.75, 3.05) is 43.6 Å². The Hall–Kier alpha value is -1.40. The monoisotopic (exact) mass is 280 g/mol. The summed E-state index contributed by atoms with van der Waals surface area (Å²) in [5, 5.41) is 13.8. The lowest BCUT2D eigenvalue weighted by molar-refractivity contribution is -0.0573. The third-order valence-corrected chi connectivity index (χ3v) is 3.72. The normalized spacial score (nSPS) is 17.8. The zero-order valence-electron chi connectivity index (χ0n) is 12.5. The summed E-state index contributed by atoms with van der Waals surface area (Å²) in [6, 6.07) is 0. The van der Waals surface area contributed by atoms with Gasteiger partial charge in [-0.25, -0.2) is 9.97 Å². The maximum absolute atomic E-state index is 10.6. The van der Waals surface area contributed by atoms with Gasteiger partial charge < -0.3 is 20.1 Å². The predicted octanol–water partition coefficient (Wildman–Crippen LogP) is 1.19. The average Bonchev–Trinajstić information content (AvgIpc) is 2.41. The number of rotatable bonds is 5. The Bertz CT molecular complexity index is 447. The molecule has 0 radical (unpaired) electrons. The maximum atomic E-state index is 10.6. The summed E-state index contributed by atoms with van der Waals surface area (Å²) >= 11 is 0. The maximum Gasteiger partial charge on any atom is 0.136 e. The van der Waals surface area contributed by atoms with Crippen LogP contribution in [0.25, 0.3) is 0 Å². The number of ether oxygens (including phenoxy) is 1. The highest BCUT2D eigenvalue weighted by atomic mass is 16.5. The molecule has 0 atom stereocenters. The van der Waals surface area contributed by atoms with Crippen LogP contribution in [0, 0.1) is 6.92 Å². The lowest BCUT2D eigenvalue weighted by atomic mass is 9.94. The van der Waals surface area contributed by atoms with E-state index in [2.05, 4.69) is 15.3 Å². The zero-order valence-corrected chi connectivity index (χ0v) is 12.5. The van der Waals surface area contributed by atoms with Crippen molar-refractivity contribution in [1.82, 2.24) is 9.97 Å². The van der Waals surface area contributed by atoms with E-state index < -0.39 is 5.60 Å². The fourth-order valence-corrected chi connectivity index (χ4v) is 2.60. The second-order valence-corrected chi connectivity index (χ2v) is 5.39. The summed E-state index contributed by atoms with van der Waals surface area (Å²) in [6.07, 6.45) is 2.90. The smallest absolute Gasteiger partial charge is 0.136 e. The molecule has 1 saturated heterocycles. The molecule has 0 amide bonds. The Balaban J connectivity index is 2.12. The van der Waals surface area contributed by atoms with E-state index in [-0.39, 0.29) is 0 Å². The number of aromatic nitrogens is 2. The van der Waals surface area contributed by atoms with Crippen LogP contribution in [0.2, 0.25) is 0 Å². The summed E-state index contributed by atoms with van der Waals surface area (Å²) in [6.45, 7) is 6.65. The number of hydrogen-bond donors (Lipinski definition) is 2. The molecule has 1 fully saturated rings. The van der Waals surface area contributed by atoms with Gasteiger partial charge in [-0.05, 0) is 13.8 Å². The standard InChI is InChI=1S/C14H24N4O2/c1-4-15-12-11(2)13(17-10-16-12)18(3)9-14(19)5-7-20-8-6-14/h10,19H,4-9H2,1-3H3,(H,15,16,17). The Labute approximate surface area is 120 Å². The Morgan fingerprint density at radius 1 is 1.40 bits per heavy atom. The third kappa shape index (κ3) is 3.37. The second-order valence-electron chi connectivity index (χ2n) is 5.39. The number of nitrogens with one attached hydrogen (secondary N) is 1. The third-order valence-electron chi connectivity index (χ3n) is 3.72. The topological polar surface area (TPSA) is 70.5 Å². The predicted molar refractivity (Wildman–Crippen MR) is 79.2 cm³/mol. The quantitative estimate of drug-likeness (QED) is 0.844. The minimum absolute atomic E-state index is 0.555. The molecule has 112 valence electrons. The molecule has 0 bridgehead atoms. The van der Waals surface area contributed by atoms with Gasteiger partial charge in [-0.3, -0.25) is 0 Å². The van der Waals surface area contributed by atoms with Gasteiger partial charge in [0.25, 0.3) is 0 Å². The lowest BCUT2D eigenvalue weighted by Crippen LogP contribution is -2.46. The molecule has 1 aromatic rings. The molecule has 0 aliphatic carbocycles. The molecular formula is C14H24N4O2. The van der Waals surface area contributed by atoms with E-state index in [1.807, 2.05) is 25.8 Å². The molecule has 2 rings (SSSR count). The van der Waals surface area contributed by atoms with E-state index >= 15 is 0 Å². The fourth-order valence-electron chi connectivity index (χ4n) is 2.60. The lowest BCUT2D eigenvalue weighted by Gasteiger charge is -2.36. The summed E-state index contributed by atoms with van der Waals surface area (Å²) < 4.78 is 5.31. The van der Waals surface area contributed by atoms with Crippen LogP contribution >= 0.6 is 0 Å². The summed E-state index contributed by atoms with van der Waals surface area (Å²) in [5.41, 5.74) is 0.315. The van der Waals surface area contributed by atoms with E-state index in [1.54, 1.807) is 6.33 Å². The number of hydrogen-bond acceptors (Lipinski definition) is 6. The minimum atomic E-state index is -0.692. The van der Waals surface area contributed by atoms with Crippen molar-refractivity contribution in [3.05, 3.63) is 11.9 Å². The van der Waals surface area contributed by atoms with Gasteiger partial charge in [0.1, 0.15) is 18.0 Å². The van der Waals surface area contributed by atoms with Crippen molar-refractivity contribution in [3.63, 3.8) is 0 Å². The van der Waals surface area contributed by atoms with Crippen LogP contribution in [0.1, 0.15) is 25.3 Å². The molecule has 0 saturated carbocycles. The first-order valence-electron chi connectivity index (χ1n) is 7.12. The first-order valence-corrected chi connectivity index (χ1v) is 7.12. The number of aliphatic hydroxyl groups is 1. The van der Waals surface area contributed by atoms with Crippen molar-refractivity contribution >= 4 is 11.6 Å². The zero-order chi connectivity index (χ0) is 14.6. The first-order chi connectivity index (χ1) is 9.56. The van der Waals surface area contributed by atoms with Crippen molar-refractivity contribution in [1.29, 1.82) is 0 Å². The van der Waals surface area contributed by atoms with Crippen LogP contribution < -0.4 is 10.2 Å². The summed E-state index contributed by atoms with van der Waals surface area (Å²) in [4.78, 5) is 10.6. The highest BCUT2D eigenvalue weighted by Gasteiger charge is 2.31. The van der Waals surface area contributed by atoms with Gasteiger partial charge in [-0.1, -0.05) is 0 Å². The minimum Gasteiger partial charge on any atom is -0.388 e. The van der Waals surface area contributed by atoms with Gasteiger partial charge in [0.15, 0.2) is 0 Å². The molecule has 1 aliphatic rings. The molecule has 0 unspecified atom stereocenters. The number of likely N-dealkylation sites (N-methyl/N-ethyl adjacent to an activating group) is 1. The molecule has 20 heavy (non-hydrogen) atoms. The van der Waals surface area contributed by atoms with Crippen molar-refractivity contribution < 1.29 is 9.84 Å². The number of anilines is 2. The van der Waals surface area contributed by atoms with Crippen LogP contribution in [0.5, 0.6) is 0 Å². The molecule has 2 heterocycles. The molecule has 6 nitrogen and oxygen atoms in total. The Morgan fingerprint density at radius 3 is 2.75 bits per heavy atom. The van der Waals surface area contributed by atoms with Gasteiger partial charge >= 0.3 is 0 Å². The van der Waals surface area contributed by atoms with Crippen molar-refractivity contribution in [2.45, 2.75) is 32.3 Å². The van der Waals surface area contributed by atoms with Gasteiger partial charge in [-0.2, -0.15) is 0 Å². The SMILES string of the molecule is CCNc1ncnc(N(C)CC2(O)CCOCC2)c1C. The Kier molecular flexibility index (Phi) is 4.77. The van der Waals surface area contributed by atoms with Crippen molar-refractivity contribution in [3.8, 4) is 0 Å². The van der Waals surface area contributed by atoms with E-state index in [4.69, 9.17) is 4.74 Å². The number of nitrogens with zero attached hydrogens (tertiary/aromatic N) is 3. The molecular weight excluding hydrogens is 256 g/mol. The van der Waals surface area contributed by atoms with Crippen LogP contribution in [-0.4, -0.2) is 54.0 Å². The fraction of sp³-hybridized carbons (Fsp3) is 0.714. The molecule has 1 aromatic heterocycles. The first kappa shape index (κ1) is 15.0. The Morgan fingerprint density at radius 2 is 2.10 bits per heavy atom. The van der Waals surface area contributed by atoms with Gasteiger partial charge in [0, 0.05) is 51.8 Å². The van der Waals surface area contributed by atoms with Crippen LogP contribution in [-0.2, 0) is 4.74 Å². The van der Waals surface area contributed by atoms with Gasteiger partial charge in [-0.15, -0.1) is 0 Å². The average molecular weight is 280 g/mol. The summed E-state index contributed by atoms with van der Waals surface area (Å²) in [5.74, 6) is 1.71. The van der Waals surface area contributed by atoms with Crippen molar-refractivity contribution in [2.24, 2.45) is 0 Å². The van der Waals surface area contributed by atoms with Crippen LogP contribution in [0.4, 0.5) is 11.6 Å². The highest BCUT2D eigenvalue weighted by molar-refractivity contribution is 5.57. The molecule has 6 heteroatoms. The van der Waals surface area contributed by atoms with Crippen LogP contribution in [0.3, 0.4) is 0 Å². The second kappa shape index (κ2) is 6.37. The molecule has 0 spiro atoms. The molecule has 1 aliphatic heterocycles. The highest BCUT2D eigenvalue weighted by Crippen LogP contribution is 2.26. The summed E-state index contributed by atoms with van der Waals surface area (Å²) in [7, 11) is 1.96. The van der Waals surface area contributed by atoms with E-state index in [0.29, 0.717) is 32.6 Å². The molecule has 2 N–H and O–H groups in total. The molecule has 0 aromatic carbocycles. The van der Waals surface area contributed by atoms with E-state index in [0.717, 1.165) is 23.7 Å². The van der Waals surface area contributed by atoms with E-state index in [1.165, 1.54) is 0 Å². The van der Waals surface area contributed by atoms with E-state index in [9.17, 15) is 5.11 Å². The van der Waals surface area contributed by atoms with Gasteiger partial charge in [0.05, 0.1) is 5.60 Å². The largest absolute Gasteiger partial charge is 0.388 e.